The van der Waals surface area contributed by atoms with Crippen LogP contribution >= 0.6 is 9.47 Å². The minimum Gasteiger partial charge on any atom is -0.382 e. The molecule has 2 aliphatic rings. The molecule has 12 heteroatoms. The molecule has 2 fully saturated rings. The molecule has 31 heavy (non-hydrogen) atoms. The summed E-state index contributed by atoms with van der Waals surface area (Å²) in [5, 5.41) is 0. The third kappa shape index (κ3) is 6.11. The Balaban J connectivity index is 2.15. The first-order valence-electron chi connectivity index (χ1n) is 9.98. The normalized spacial score (nSPS) is 41.4. The van der Waals surface area contributed by atoms with Crippen molar-refractivity contribution in [2.24, 2.45) is 0 Å². The Hall–Kier alpha value is -0.0100. The predicted octanol–water partition coefficient (Wildman–Crippen LogP) is -0.00410. The highest BCUT2D eigenvalue weighted by atomic mass is 31.0. The van der Waals surface area contributed by atoms with Crippen LogP contribution < -0.4 is 0 Å². The molecule has 11 nitrogen and oxygen atoms in total. The molecule has 2 saturated heterocycles. The first-order valence-corrected chi connectivity index (χ1v) is 10.5. The van der Waals surface area contributed by atoms with Crippen LogP contribution in [0.15, 0.2) is 0 Å². The van der Waals surface area contributed by atoms with Crippen molar-refractivity contribution in [2.75, 3.05) is 63.0 Å². The van der Waals surface area contributed by atoms with E-state index in [0.717, 1.165) is 0 Å². The van der Waals surface area contributed by atoms with Gasteiger partial charge in [-0.25, -0.2) is 0 Å². The highest BCUT2D eigenvalue weighted by molar-refractivity contribution is 7.09. The van der Waals surface area contributed by atoms with Crippen molar-refractivity contribution in [3.8, 4) is 0 Å². The van der Waals surface area contributed by atoms with Gasteiger partial charge in [-0.15, -0.1) is 0 Å². The van der Waals surface area contributed by atoms with E-state index in [0.29, 0.717) is 6.61 Å². The summed E-state index contributed by atoms with van der Waals surface area (Å²) in [7, 11) is 13.3. The van der Waals surface area contributed by atoms with Crippen LogP contribution in [0.3, 0.4) is 0 Å². The van der Waals surface area contributed by atoms with Gasteiger partial charge in [0.2, 0.25) is 0 Å². The van der Waals surface area contributed by atoms with Crippen molar-refractivity contribution in [1.29, 1.82) is 0 Å². The monoisotopic (exact) mass is 472 g/mol. The van der Waals surface area contributed by atoms with Gasteiger partial charge in [0, 0.05) is 59.2 Å². The SMILES string of the molecule is COCC1OC(OCC2OC(OP)C(OC)C(OC)C2OC)C(OC)C(OC)C1OC. The third-order valence-electron chi connectivity index (χ3n) is 5.71. The molecule has 0 aromatic rings. The Bertz CT molecular complexity index is 501. The molecular formula is C19H37O11P. The minimum atomic E-state index is -0.751. The Labute approximate surface area is 186 Å². The Morgan fingerprint density at radius 1 is 0.548 bits per heavy atom. The first-order chi connectivity index (χ1) is 15.0. The van der Waals surface area contributed by atoms with E-state index in [1.54, 1.807) is 49.8 Å². The second kappa shape index (κ2) is 13.6. The molecular weight excluding hydrogens is 435 g/mol. The Morgan fingerprint density at radius 3 is 1.39 bits per heavy atom. The van der Waals surface area contributed by atoms with E-state index in [-0.39, 0.29) is 12.7 Å². The maximum absolute atomic E-state index is 6.11. The van der Waals surface area contributed by atoms with Gasteiger partial charge in [0.25, 0.3) is 0 Å². The van der Waals surface area contributed by atoms with Gasteiger partial charge in [-0.3, -0.25) is 0 Å². The van der Waals surface area contributed by atoms with Crippen molar-refractivity contribution in [3.05, 3.63) is 0 Å². The molecule has 0 saturated carbocycles. The topological polar surface area (TPSA) is 102 Å². The van der Waals surface area contributed by atoms with Gasteiger partial charge in [-0.1, -0.05) is 0 Å². The molecule has 184 valence electrons. The molecule has 0 spiro atoms. The van der Waals surface area contributed by atoms with Crippen LogP contribution in [0, 0.1) is 0 Å². The second-order valence-electron chi connectivity index (χ2n) is 7.21. The molecule has 0 aromatic carbocycles. The van der Waals surface area contributed by atoms with Gasteiger partial charge in [-0.05, 0) is 0 Å². The molecule has 0 aromatic heterocycles. The third-order valence-corrected chi connectivity index (χ3v) is 5.97. The van der Waals surface area contributed by atoms with E-state index < -0.39 is 55.3 Å². The summed E-state index contributed by atoms with van der Waals surface area (Å²) >= 11 is 0. The van der Waals surface area contributed by atoms with Crippen molar-refractivity contribution in [3.63, 3.8) is 0 Å². The molecule has 2 rings (SSSR count). The molecule has 0 bridgehead atoms. The summed E-state index contributed by atoms with van der Waals surface area (Å²) in [6, 6.07) is 0. The zero-order valence-electron chi connectivity index (χ0n) is 19.3. The van der Waals surface area contributed by atoms with Gasteiger partial charge in [-0.2, -0.15) is 0 Å². The Kier molecular flexibility index (Phi) is 12.0. The highest BCUT2D eigenvalue weighted by Crippen LogP contribution is 2.31. The van der Waals surface area contributed by atoms with Gasteiger partial charge >= 0.3 is 0 Å². The van der Waals surface area contributed by atoms with Crippen LogP contribution in [-0.2, 0) is 51.9 Å². The lowest BCUT2D eigenvalue weighted by Gasteiger charge is -2.46. The van der Waals surface area contributed by atoms with Crippen molar-refractivity contribution in [2.45, 2.75) is 61.4 Å². The van der Waals surface area contributed by atoms with Crippen molar-refractivity contribution < 1.29 is 51.9 Å². The fourth-order valence-corrected chi connectivity index (χ4v) is 4.44. The minimum absolute atomic E-state index is 0.123. The lowest BCUT2D eigenvalue weighted by Crippen LogP contribution is -2.63. The van der Waals surface area contributed by atoms with Crippen LogP contribution in [0.1, 0.15) is 0 Å². The van der Waals surface area contributed by atoms with Crippen LogP contribution in [0.4, 0.5) is 0 Å². The second-order valence-corrected chi connectivity index (χ2v) is 7.48. The van der Waals surface area contributed by atoms with E-state index in [2.05, 4.69) is 9.47 Å². The smallest absolute Gasteiger partial charge is 0.189 e. The highest BCUT2D eigenvalue weighted by Gasteiger charge is 2.50. The van der Waals surface area contributed by atoms with E-state index in [1.807, 2.05) is 0 Å². The average Bonchev–Trinajstić information content (AvgIpc) is 2.80. The molecule has 11 unspecified atom stereocenters. The Morgan fingerprint density at radius 2 is 0.968 bits per heavy atom. The van der Waals surface area contributed by atoms with E-state index in [1.165, 1.54) is 0 Å². The number of hydrogen-bond donors (Lipinski definition) is 0. The van der Waals surface area contributed by atoms with Crippen LogP contribution in [-0.4, -0.2) is 124 Å². The summed E-state index contributed by atoms with van der Waals surface area (Å²) < 4.78 is 62.6. The van der Waals surface area contributed by atoms with Crippen molar-refractivity contribution >= 4 is 9.47 Å². The fraction of sp³-hybridized carbons (Fsp3) is 1.00. The molecule has 0 radical (unpaired) electrons. The molecule has 2 heterocycles. The standard InChI is InChI=1S/C19H37O11P/c1-20-8-10-12(21-2)14(23-4)16(25-6)18(28-10)27-9-11-13(22-3)15(24-5)17(26-7)19(29-11)30-31/h10-19H,8-9,31H2,1-7H3. The molecule has 0 N–H and O–H groups in total. The molecule has 0 aliphatic carbocycles. The number of methoxy groups -OCH3 is 7. The quantitative estimate of drug-likeness (QED) is 0.359. The first kappa shape index (κ1) is 27.2. The molecule has 0 amide bonds. The fourth-order valence-electron chi connectivity index (χ4n) is 4.23. The zero-order valence-corrected chi connectivity index (χ0v) is 20.4. The zero-order chi connectivity index (χ0) is 23.0. The molecule has 11 atom stereocenters. The maximum Gasteiger partial charge on any atom is 0.189 e. The summed E-state index contributed by atoms with van der Waals surface area (Å²) in [5.41, 5.74) is 0. The van der Waals surface area contributed by atoms with Crippen LogP contribution in [0.5, 0.6) is 0 Å². The van der Waals surface area contributed by atoms with Crippen LogP contribution in [0.25, 0.3) is 0 Å². The van der Waals surface area contributed by atoms with Gasteiger partial charge in [0.15, 0.2) is 12.6 Å². The lowest BCUT2D eigenvalue weighted by atomic mass is 9.97. The maximum atomic E-state index is 6.11. The summed E-state index contributed by atoms with van der Waals surface area (Å²) in [5.74, 6) is 0. The predicted molar refractivity (Wildman–Crippen MR) is 111 cm³/mol. The number of hydrogen-bond acceptors (Lipinski definition) is 11. The number of rotatable bonds is 12. The molecule has 2 aliphatic heterocycles. The van der Waals surface area contributed by atoms with Gasteiger partial charge < -0.3 is 51.9 Å². The van der Waals surface area contributed by atoms with Gasteiger partial charge in [0.05, 0.1) is 13.2 Å². The van der Waals surface area contributed by atoms with E-state index >= 15 is 0 Å². The number of ether oxygens (including phenoxy) is 10. The summed E-state index contributed by atoms with van der Waals surface area (Å²) in [6.45, 7) is 0.428. The summed E-state index contributed by atoms with van der Waals surface area (Å²) in [4.78, 5) is 0. The van der Waals surface area contributed by atoms with Gasteiger partial charge in [0.1, 0.15) is 48.8 Å². The van der Waals surface area contributed by atoms with E-state index in [4.69, 9.17) is 51.9 Å². The average molecular weight is 472 g/mol. The lowest BCUT2D eigenvalue weighted by molar-refractivity contribution is -0.333. The van der Waals surface area contributed by atoms with Crippen LogP contribution in [0.2, 0.25) is 0 Å². The summed E-state index contributed by atoms with van der Waals surface area (Å²) in [6.07, 6.45) is -5.08. The van der Waals surface area contributed by atoms with Crippen molar-refractivity contribution in [1.82, 2.24) is 0 Å². The van der Waals surface area contributed by atoms with E-state index in [9.17, 15) is 0 Å². The largest absolute Gasteiger partial charge is 0.382 e.